The van der Waals surface area contributed by atoms with Crippen molar-refractivity contribution in [2.75, 3.05) is 32.5 Å². The molecule has 1 unspecified atom stereocenters. The minimum Gasteiger partial charge on any atom is -0.367 e. The Labute approximate surface area is 101 Å². The summed E-state index contributed by atoms with van der Waals surface area (Å²) in [6.07, 6.45) is 0. The number of rotatable bonds is 0. The molecule has 2 aliphatic rings. The van der Waals surface area contributed by atoms with Gasteiger partial charge in [0.15, 0.2) is 0 Å². The molecule has 0 aliphatic carbocycles. The van der Waals surface area contributed by atoms with Crippen LogP contribution >= 0.6 is 11.8 Å². The number of likely N-dealkylation sites (N-methyl/N-ethyl adjacent to an activating group) is 1. The van der Waals surface area contributed by atoms with Crippen molar-refractivity contribution in [1.82, 2.24) is 4.90 Å². The van der Waals surface area contributed by atoms with Gasteiger partial charge in [0.2, 0.25) is 0 Å². The summed E-state index contributed by atoms with van der Waals surface area (Å²) in [6.45, 7) is 2.93. The van der Waals surface area contributed by atoms with Gasteiger partial charge in [0.1, 0.15) is 5.60 Å². The average molecular weight is 235 g/mol. The number of ether oxygens (including phenoxy) is 1. The molecule has 0 radical (unpaired) electrons. The summed E-state index contributed by atoms with van der Waals surface area (Å²) >= 11 is 1.99. The zero-order valence-electron chi connectivity index (χ0n) is 9.61. The minimum atomic E-state index is -0.0491. The van der Waals surface area contributed by atoms with Gasteiger partial charge < -0.3 is 9.64 Å². The highest BCUT2D eigenvalue weighted by atomic mass is 32.2. The van der Waals surface area contributed by atoms with Crippen LogP contribution in [0.2, 0.25) is 0 Å². The summed E-state index contributed by atoms with van der Waals surface area (Å²) in [4.78, 5) is 2.38. The largest absolute Gasteiger partial charge is 0.367 e. The van der Waals surface area contributed by atoms with Crippen molar-refractivity contribution in [2.24, 2.45) is 0 Å². The highest BCUT2D eigenvalue weighted by Gasteiger charge is 2.40. The van der Waals surface area contributed by atoms with Gasteiger partial charge in [-0.2, -0.15) is 11.8 Å². The monoisotopic (exact) mass is 235 g/mol. The molecule has 1 aromatic rings. The summed E-state index contributed by atoms with van der Waals surface area (Å²) in [5.74, 6) is 2.22. The molecule has 1 aromatic carbocycles. The lowest BCUT2D eigenvalue weighted by Gasteiger charge is -2.44. The molecule has 16 heavy (non-hydrogen) atoms. The Bertz CT molecular complexity index is 395. The maximum absolute atomic E-state index is 6.14. The zero-order valence-corrected chi connectivity index (χ0v) is 10.4. The zero-order chi connectivity index (χ0) is 11.0. The second kappa shape index (κ2) is 4.06. The van der Waals surface area contributed by atoms with Crippen molar-refractivity contribution >= 4 is 11.8 Å². The summed E-state index contributed by atoms with van der Waals surface area (Å²) in [5, 5.41) is 0. The van der Waals surface area contributed by atoms with Crippen LogP contribution < -0.4 is 0 Å². The first kappa shape index (κ1) is 10.6. The molecular formula is C13H17NOS. The van der Waals surface area contributed by atoms with Crippen LogP contribution in [0.4, 0.5) is 0 Å². The Hall–Kier alpha value is -0.510. The summed E-state index contributed by atoms with van der Waals surface area (Å²) in [6, 6.07) is 8.74. The van der Waals surface area contributed by atoms with Crippen molar-refractivity contribution in [3.8, 4) is 0 Å². The van der Waals surface area contributed by atoms with Gasteiger partial charge in [-0.15, -0.1) is 0 Å². The molecule has 1 fully saturated rings. The van der Waals surface area contributed by atoms with E-state index < -0.39 is 0 Å². The topological polar surface area (TPSA) is 12.5 Å². The Morgan fingerprint density at radius 1 is 1.38 bits per heavy atom. The van der Waals surface area contributed by atoms with Crippen LogP contribution in [-0.4, -0.2) is 37.4 Å². The van der Waals surface area contributed by atoms with Gasteiger partial charge in [-0.25, -0.2) is 0 Å². The Morgan fingerprint density at radius 3 is 3.12 bits per heavy atom. The van der Waals surface area contributed by atoms with E-state index in [4.69, 9.17) is 4.74 Å². The minimum absolute atomic E-state index is 0.0491. The quantitative estimate of drug-likeness (QED) is 0.683. The fourth-order valence-electron chi connectivity index (χ4n) is 2.70. The predicted molar refractivity (Wildman–Crippen MR) is 67.7 cm³/mol. The first-order valence-corrected chi connectivity index (χ1v) is 6.94. The van der Waals surface area contributed by atoms with E-state index in [1.54, 1.807) is 0 Å². The van der Waals surface area contributed by atoms with Crippen molar-refractivity contribution in [3.05, 3.63) is 35.4 Å². The highest BCUT2D eigenvalue weighted by Crippen LogP contribution is 2.40. The van der Waals surface area contributed by atoms with Crippen LogP contribution in [0.3, 0.4) is 0 Å². The maximum atomic E-state index is 6.14. The number of hydrogen-bond donors (Lipinski definition) is 0. The van der Waals surface area contributed by atoms with Gasteiger partial charge in [-0.05, 0) is 18.2 Å². The third-order valence-corrected chi connectivity index (χ3v) is 4.66. The highest BCUT2D eigenvalue weighted by molar-refractivity contribution is 7.98. The van der Waals surface area contributed by atoms with Crippen molar-refractivity contribution in [3.63, 3.8) is 0 Å². The third-order valence-electron chi connectivity index (χ3n) is 3.48. The molecule has 0 amide bonds. The second-order valence-electron chi connectivity index (χ2n) is 4.73. The van der Waals surface area contributed by atoms with Gasteiger partial charge in [-0.3, -0.25) is 0 Å². The smallest absolute Gasteiger partial charge is 0.115 e. The number of morpholine rings is 1. The van der Waals surface area contributed by atoms with E-state index in [1.807, 2.05) is 11.8 Å². The molecule has 0 aromatic heterocycles. The van der Waals surface area contributed by atoms with Crippen molar-refractivity contribution < 1.29 is 4.74 Å². The maximum Gasteiger partial charge on any atom is 0.115 e. The van der Waals surface area contributed by atoms with Crippen LogP contribution in [0.15, 0.2) is 24.3 Å². The first-order chi connectivity index (χ1) is 7.80. The first-order valence-electron chi connectivity index (χ1n) is 5.79. The lowest BCUT2D eigenvalue weighted by molar-refractivity contribution is -0.0940. The Morgan fingerprint density at radius 2 is 2.25 bits per heavy atom. The molecule has 3 heteroatoms. The van der Waals surface area contributed by atoms with E-state index in [9.17, 15) is 0 Å². The summed E-state index contributed by atoms with van der Waals surface area (Å²) in [7, 11) is 2.19. The molecule has 1 spiro atoms. The standard InChI is InChI=1S/C13H17NOS/c1-14-6-7-15-13(9-14)10-16-8-11-4-2-3-5-12(11)13/h2-5H,6-10H2,1H3. The molecule has 1 atom stereocenters. The van der Waals surface area contributed by atoms with E-state index in [-0.39, 0.29) is 5.60 Å². The van der Waals surface area contributed by atoms with Crippen LogP contribution in [0, 0.1) is 0 Å². The molecule has 1 saturated heterocycles. The molecule has 3 rings (SSSR count). The summed E-state index contributed by atoms with van der Waals surface area (Å²) < 4.78 is 6.14. The number of benzene rings is 1. The number of thioether (sulfide) groups is 1. The molecule has 2 nitrogen and oxygen atoms in total. The van der Waals surface area contributed by atoms with Gasteiger partial charge in [0, 0.05) is 24.6 Å². The fourth-order valence-corrected chi connectivity index (χ4v) is 3.94. The van der Waals surface area contributed by atoms with Crippen LogP contribution in [0.1, 0.15) is 11.1 Å². The van der Waals surface area contributed by atoms with Gasteiger partial charge in [0.25, 0.3) is 0 Å². The molecule has 0 bridgehead atoms. The van der Waals surface area contributed by atoms with Crippen molar-refractivity contribution in [2.45, 2.75) is 11.4 Å². The SMILES string of the molecule is CN1CCOC2(CSCc3ccccc32)C1. The summed E-state index contributed by atoms with van der Waals surface area (Å²) in [5.41, 5.74) is 2.82. The lowest BCUT2D eigenvalue weighted by Crippen LogP contribution is -2.51. The molecule has 0 saturated carbocycles. The van der Waals surface area contributed by atoms with E-state index in [1.165, 1.54) is 11.1 Å². The number of fused-ring (bicyclic) bond motifs is 2. The molecule has 2 aliphatic heterocycles. The van der Waals surface area contributed by atoms with E-state index in [0.29, 0.717) is 0 Å². The molecule has 86 valence electrons. The average Bonchev–Trinajstić information content (AvgIpc) is 2.30. The molecule has 0 N–H and O–H groups in total. The van der Waals surface area contributed by atoms with E-state index >= 15 is 0 Å². The van der Waals surface area contributed by atoms with Crippen LogP contribution in [-0.2, 0) is 16.1 Å². The lowest BCUT2D eigenvalue weighted by atomic mass is 9.89. The van der Waals surface area contributed by atoms with Gasteiger partial charge >= 0.3 is 0 Å². The van der Waals surface area contributed by atoms with Crippen molar-refractivity contribution in [1.29, 1.82) is 0 Å². The number of nitrogens with zero attached hydrogens (tertiary/aromatic N) is 1. The van der Waals surface area contributed by atoms with Gasteiger partial charge in [0.05, 0.1) is 6.61 Å². The van der Waals surface area contributed by atoms with E-state index in [0.717, 1.165) is 31.2 Å². The Kier molecular flexibility index (Phi) is 2.70. The van der Waals surface area contributed by atoms with Crippen LogP contribution in [0.5, 0.6) is 0 Å². The molecule has 2 heterocycles. The fraction of sp³-hybridized carbons (Fsp3) is 0.538. The third kappa shape index (κ3) is 1.67. The van der Waals surface area contributed by atoms with E-state index in [2.05, 4.69) is 36.2 Å². The normalized spacial score (nSPS) is 30.3. The second-order valence-corrected chi connectivity index (χ2v) is 5.72. The van der Waals surface area contributed by atoms with Gasteiger partial charge in [-0.1, -0.05) is 24.3 Å². The molecular weight excluding hydrogens is 218 g/mol. The number of hydrogen-bond acceptors (Lipinski definition) is 3. The van der Waals surface area contributed by atoms with Crippen LogP contribution in [0.25, 0.3) is 0 Å². The predicted octanol–water partition coefficient (Wildman–Crippen LogP) is 2.09. The Balaban J connectivity index is 2.02.